The number of piperazine rings is 1. The normalized spacial score (nSPS) is 20.2. The molecule has 3 aromatic rings. The summed E-state index contributed by atoms with van der Waals surface area (Å²) in [5, 5.41) is 0.999. The van der Waals surface area contributed by atoms with Gasteiger partial charge in [0.2, 0.25) is 0 Å². The molecule has 1 atom stereocenters. The SMILES string of the molecule is O=C(c1ccc2ncccc2c1)N1CCCC(N2CCN(c3ccc(F)cc3)CC2)C1. The van der Waals surface area contributed by atoms with Crippen LogP contribution in [0.1, 0.15) is 23.2 Å². The van der Waals surface area contributed by atoms with Crippen molar-refractivity contribution in [2.45, 2.75) is 18.9 Å². The average Bonchev–Trinajstić information content (AvgIpc) is 2.84. The van der Waals surface area contributed by atoms with Crippen molar-refractivity contribution in [3.05, 3.63) is 72.2 Å². The first-order valence-corrected chi connectivity index (χ1v) is 11.1. The Bertz CT molecular complexity index is 1060. The van der Waals surface area contributed by atoms with Crippen LogP contribution in [0.25, 0.3) is 10.9 Å². The summed E-state index contributed by atoms with van der Waals surface area (Å²) in [4.78, 5) is 24.4. The van der Waals surface area contributed by atoms with E-state index in [-0.39, 0.29) is 11.7 Å². The highest BCUT2D eigenvalue weighted by Crippen LogP contribution is 2.23. The minimum absolute atomic E-state index is 0.111. The van der Waals surface area contributed by atoms with E-state index in [2.05, 4.69) is 14.8 Å². The minimum atomic E-state index is -0.197. The third-order valence-electron chi connectivity index (χ3n) is 6.56. The van der Waals surface area contributed by atoms with Crippen LogP contribution in [0.3, 0.4) is 0 Å². The van der Waals surface area contributed by atoms with Crippen molar-refractivity contribution in [2.75, 3.05) is 44.2 Å². The van der Waals surface area contributed by atoms with Gasteiger partial charge in [-0.05, 0) is 61.4 Å². The average molecular weight is 419 g/mol. The van der Waals surface area contributed by atoms with Crippen molar-refractivity contribution in [3.63, 3.8) is 0 Å². The predicted molar refractivity (Wildman–Crippen MR) is 121 cm³/mol. The molecule has 2 aromatic carbocycles. The molecule has 160 valence electrons. The fraction of sp³-hybridized carbons (Fsp3) is 0.360. The van der Waals surface area contributed by atoms with E-state index in [0.29, 0.717) is 6.04 Å². The summed E-state index contributed by atoms with van der Waals surface area (Å²) in [5.41, 5.74) is 2.73. The number of nitrogens with zero attached hydrogens (tertiary/aromatic N) is 4. The topological polar surface area (TPSA) is 39.7 Å². The zero-order chi connectivity index (χ0) is 21.2. The predicted octanol–water partition coefficient (Wildman–Crippen LogP) is 3.80. The number of likely N-dealkylation sites (tertiary alicyclic amines) is 1. The Morgan fingerprint density at radius 1 is 0.968 bits per heavy atom. The van der Waals surface area contributed by atoms with E-state index in [1.807, 2.05) is 47.4 Å². The number of aromatic nitrogens is 1. The van der Waals surface area contributed by atoms with Gasteiger partial charge < -0.3 is 9.80 Å². The maximum Gasteiger partial charge on any atom is 0.253 e. The van der Waals surface area contributed by atoms with E-state index in [4.69, 9.17) is 0 Å². The molecular formula is C25H27FN4O. The fourth-order valence-electron chi connectivity index (χ4n) is 4.83. The number of carbonyl (C=O) groups excluding carboxylic acids is 1. The number of rotatable bonds is 3. The highest BCUT2D eigenvalue weighted by Gasteiger charge is 2.30. The zero-order valence-electron chi connectivity index (χ0n) is 17.6. The van der Waals surface area contributed by atoms with Crippen LogP contribution in [0, 0.1) is 5.82 Å². The molecule has 1 unspecified atom stereocenters. The second-order valence-electron chi connectivity index (χ2n) is 8.46. The summed E-state index contributed by atoms with van der Waals surface area (Å²) in [6.45, 7) is 5.37. The highest BCUT2D eigenvalue weighted by molar-refractivity contribution is 5.98. The lowest BCUT2D eigenvalue weighted by Crippen LogP contribution is -2.55. The van der Waals surface area contributed by atoms with E-state index in [1.165, 1.54) is 12.1 Å². The molecule has 0 saturated carbocycles. The maximum atomic E-state index is 13.2. The number of piperidine rings is 1. The summed E-state index contributed by atoms with van der Waals surface area (Å²) in [5.74, 6) is -0.0857. The summed E-state index contributed by atoms with van der Waals surface area (Å²) in [7, 11) is 0. The first-order valence-electron chi connectivity index (χ1n) is 11.1. The molecule has 31 heavy (non-hydrogen) atoms. The van der Waals surface area contributed by atoms with Crippen LogP contribution in [-0.4, -0.2) is 66.0 Å². The molecule has 6 heteroatoms. The third-order valence-corrected chi connectivity index (χ3v) is 6.56. The first-order chi connectivity index (χ1) is 15.2. The van der Waals surface area contributed by atoms with Crippen LogP contribution < -0.4 is 4.90 Å². The number of hydrogen-bond acceptors (Lipinski definition) is 4. The van der Waals surface area contributed by atoms with Gasteiger partial charge in [-0.25, -0.2) is 4.39 Å². The number of amides is 1. The molecule has 1 amide bonds. The molecule has 1 aromatic heterocycles. The van der Waals surface area contributed by atoms with Crippen LogP contribution >= 0.6 is 0 Å². The lowest BCUT2D eigenvalue weighted by atomic mass is 10.0. The van der Waals surface area contributed by atoms with Gasteiger partial charge in [-0.15, -0.1) is 0 Å². The molecule has 5 rings (SSSR count). The minimum Gasteiger partial charge on any atom is -0.369 e. The molecule has 3 heterocycles. The van der Waals surface area contributed by atoms with E-state index in [9.17, 15) is 9.18 Å². The van der Waals surface area contributed by atoms with Gasteiger partial charge in [0.15, 0.2) is 0 Å². The molecule has 2 aliphatic rings. The van der Waals surface area contributed by atoms with Crippen molar-refractivity contribution in [1.29, 1.82) is 0 Å². The van der Waals surface area contributed by atoms with Crippen molar-refractivity contribution in [1.82, 2.24) is 14.8 Å². The number of hydrogen-bond donors (Lipinski definition) is 0. The standard InChI is InChI=1S/C25H27FN4O/c26-21-6-8-22(9-7-21)28-13-15-29(16-14-28)23-4-2-12-30(18-23)25(31)20-5-10-24-19(17-20)3-1-11-27-24/h1,3,5-11,17,23H,2,4,12-16,18H2. The van der Waals surface area contributed by atoms with Gasteiger partial charge in [0, 0.05) is 68.1 Å². The van der Waals surface area contributed by atoms with Gasteiger partial charge >= 0.3 is 0 Å². The van der Waals surface area contributed by atoms with Crippen molar-refractivity contribution in [2.24, 2.45) is 0 Å². The molecule has 0 N–H and O–H groups in total. The molecule has 2 fully saturated rings. The summed E-state index contributed by atoms with van der Waals surface area (Å²) < 4.78 is 13.2. The van der Waals surface area contributed by atoms with Crippen molar-refractivity contribution < 1.29 is 9.18 Å². The summed E-state index contributed by atoms with van der Waals surface area (Å²) in [6.07, 6.45) is 3.93. The van der Waals surface area contributed by atoms with E-state index < -0.39 is 0 Å². The quantitative estimate of drug-likeness (QED) is 0.649. The molecule has 5 nitrogen and oxygen atoms in total. The van der Waals surface area contributed by atoms with E-state index in [0.717, 1.165) is 74.3 Å². The second-order valence-corrected chi connectivity index (χ2v) is 8.46. The number of pyridine rings is 1. The van der Waals surface area contributed by atoms with Crippen LogP contribution in [-0.2, 0) is 0 Å². The molecule has 0 radical (unpaired) electrons. The Morgan fingerprint density at radius 3 is 2.58 bits per heavy atom. The number of anilines is 1. The Hall–Kier alpha value is -2.99. The molecule has 0 aliphatic carbocycles. The monoisotopic (exact) mass is 418 g/mol. The second kappa shape index (κ2) is 8.63. The zero-order valence-corrected chi connectivity index (χ0v) is 17.6. The number of benzene rings is 2. The maximum absolute atomic E-state index is 13.2. The van der Waals surface area contributed by atoms with Crippen LogP contribution in [0.4, 0.5) is 10.1 Å². The van der Waals surface area contributed by atoms with Crippen molar-refractivity contribution >= 4 is 22.5 Å². The van der Waals surface area contributed by atoms with Gasteiger partial charge in [0.1, 0.15) is 5.82 Å². The van der Waals surface area contributed by atoms with E-state index in [1.54, 1.807) is 6.20 Å². The Labute approximate surface area is 182 Å². The van der Waals surface area contributed by atoms with Crippen molar-refractivity contribution in [3.8, 4) is 0 Å². The third kappa shape index (κ3) is 4.26. The van der Waals surface area contributed by atoms with Gasteiger partial charge in [0.25, 0.3) is 5.91 Å². The van der Waals surface area contributed by atoms with Gasteiger partial charge in [-0.1, -0.05) is 6.07 Å². The number of fused-ring (bicyclic) bond motifs is 1. The fourth-order valence-corrected chi connectivity index (χ4v) is 4.83. The van der Waals surface area contributed by atoms with E-state index >= 15 is 0 Å². The van der Waals surface area contributed by atoms with Crippen LogP contribution in [0.15, 0.2) is 60.8 Å². The molecular weight excluding hydrogens is 391 g/mol. The first kappa shape index (κ1) is 19.9. The van der Waals surface area contributed by atoms with Crippen LogP contribution in [0.5, 0.6) is 0 Å². The van der Waals surface area contributed by atoms with Gasteiger partial charge in [0.05, 0.1) is 5.52 Å². The Balaban J connectivity index is 1.22. The molecule has 2 saturated heterocycles. The van der Waals surface area contributed by atoms with Crippen LogP contribution in [0.2, 0.25) is 0 Å². The lowest BCUT2D eigenvalue weighted by Gasteiger charge is -2.44. The van der Waals surface area contributed by atoms with Gasteiger partial charge in [-0.2, -0.15) is 0 Å². The lowest BCUT2D eigenvalue weighted by molar-refractivity contribution is 0.0563. The number of carbonyl (C=O) groups is 1. The smallest absolute Gasteiger partial charge is 0.253 e. The Morgan fingerprint density at radius 2 is 1.77 bits per heavy atom. The molecule has 0 bridgehead atoms. The molecule has 0 spiro atoms. The molecule has 2 aliphatic heterocycles. The summed E-state index contributed by atoms with van der Waals surface area (Å²) in [6, 6.07) is 16.8. The Kier molecular flexibility index (Phi) is 5.55. The summed E-state index contributed by atoms with van der Waals surface area (Å²) >= 11 is 0. The van der Waals surface area contributed by atoms with Gasteiger partial charge in [-0.3, -0.25) is 14.7 Å². The largest absolute Gasteiger partial charge is 0.369 e. The number of halogens is 1. The highest BCUT2D eigenvalue weighted by atomic mass is 19.1.